The summed E-state index contributed by atoms with van der Waals surface area (Å²) in [4.78, 5) is 33.4. The summed E-state index contributed by atoms with van der Waals surface area (Å²) in [6, 6.07) is 5.24. The molecule has 27 heavy (non-hydrogen) atoms. The summed E-state index contributed by atoms with van der Waals surface area (Å²) >= 11 is 12.2. The van der Waals surface area contributed by atoms with E-state index >= 15 is 0 Å². The van der Waals surface area contributed by atoms with Crippen LogP contribution in [-0.4, -0.2) is 73.6 Å². The first-order chi connectivity index (χ1) is 12.9. The lowest BCUT2D eigenvalue weighted by atomic mass is 10.1. The lowest BCUT2D eigenvalue weighted by Crippen LogP contribution is -2.46. The summed E-state index contributed by atoms with van der Waals surface area (Å²) in [6.45, 7) is 4.86. The van der Waals surface area contributed by atoms with E-state index in [0.717, 1.165) is 56.2 Å². The predicted octanol–water partition coefficient (Wildman–Crippen LogP) is 2.72. The molecule has 2 heterocycles. The van der Waals surface area contributed by atoms with Crippen molar-refractivity contribution in [1.29, 1.82) is 0 Å². The first-order valence-electron chi connectivity index (χ1n) is 9.22. The number of halogens is 2. The maximum absolute atomic E-state index is 12.0. The fourth-order valence-electron chi connectivity index (χ4n) is 3.46. The van der Waals surface area contributed by atoms with Gasteiger partial charge in [0.05, 0.1) is 6.21 Å². The minimum atomic E-state index is -0.405. The van der Waals surface area contributed by atoms with E-state index in [0.29, 0.717) is 16.5 Å². The molecule has 0 radical (unpaired) electrons. The number of unbranched alkanes of at least 4 members (excludes halogenated alkanes) is 1. The number of carbonyl (C=O) groups is 2. The van der Waals surface area contributed by atoms with Crippen LogP contribution >= 0.6 is 23.2 Å². The number of imide groups is 1. The molecular formula is C19H24Cl2N4O2. The van der Waals surface area contributed by atoms with Crippen molar-refractivity contribution in [2.45, 2.75) is 25.3 Å². The Bertz CT molecular complexity index is 712. The molecule has 146 valence electrons. The molecule has 0 bridgehead atoms. The summed E-state index contributed by atoms with van der Waals surface area (Å²) < 4.78 is 0. The highest BCUT2D eigenvalue weighted by molar-refractivity contribution is 6.35. The second-order valence-corrected chi connectivity index (χ2v) is 7.85. The number of amides is 2. The van der Waals surface area contributed by atoms with Crippen molar-refractivity contribution in [1.82, 2.24) is 9.80 Å². The van der Waals surface area contributed by atoms with Crippen LogP contribution in [0.15, 0.2) is 23.2 Å². The van der Waals surface area contributed by atoms with Gasteiger partial charge in [-0.05, 0) is 44.0 Å². The molecule has 6 nitrogen and oxygen atoms in total. The van der Waals surface area contributed by atoms with E-state index < -0.39 is 6.04 Å². The van der Waals surface area contributed by atoms with E-state index in [2.05, 4.69) is 14.8 Å². The van der Waals surface area contributed by atoms with Crippen LogP contribution in [0, 0.1) is 0 Å². The van der Waals surface area contributed by atoms with Crippen molar-refractivity contribution in [3.63, 3.8) is 0 Å². The number of piperazine rings is 1. The Hall–Kier alpha value is -1.63. The SMILES string of the molecule is CN1C(=O)C=NC(CCCCN2CCN(c3cc(Cl)cc(Cl)c3)CC2)C1=O. The Morgan fingerprint density at radius 1 is 1.04 bits per heavy atom. The number of hydrogen-bond donors (Lipinski definition) is 0. The zero-order valence-electron chi connectivity index (χ0n) is 15.4. The highest BCUT2D eigenvalue weighted by atomic mass is 35.5. The van der Waals surface area contributed by atoms with E-state index in [1.165, 1.54) is 13.3 Å². The van der Waals surface area contributed by atoms with Gasteiger partial charge in [-0.1, -0.05) is 23.2 Å². The van der Waals surface area contributed by atoms with E-state index in [4.69, 9.17) is 23.2 Å². The maximum atomic E-state index is 12.0. The molecule has 8 heteroatoms. The second-order valence-electron chi connectivity index (χ2n) is 6.98. The molecule has 2 amide bonds. The van der Waals surface area contributed by atoms with Crippen molar-refractivity contribution in [3.8, 4) is 0 Å². The van der Waals surface area contributed by atoms with Gasteiger partial charge in [0.1, 0.15) is 6.04 Å². The normalized spacial score (nSPS) is 21.2. The van der Waals surface area contributed by atoms with Crippen molar-refractivity contribution in [3.05, 3.63) is 28.2 Å². The van der Waals surface area contributed by atoms with Gasteiger partial charge in [0, 0.05) is 49.0 Å². The summed E-state index contributed by atoms with van der Waals surface area (Å²) in [5, 5.41) is 1.32. The molecule has 1 fully saturated rings. The smallest absolute Gasteiger partial charge is 0.270 e. The van der Waals surface area contributed by atoms with Crippen LogP contribution in [0.1, 0.15) is 19.3 Å². The van der Waals surface area contributed by atoms with Gasteiger partial charge in [-0.15, -0.1) is 0 Å². The van der Waals surface area contributed by atoms with Crippen molar-refractivity contribution in [2.75, 3.05) is 44.7 Å². The van der Waals surface area contributed by atoms with Crippen molar-refractivity contribution < 1.29 is 9.59 Å². The Labute approximate surface area is 169 Å². The molecule has 0 aromatic heterocycles. The average Bonchev–Trinajstić information content (AvgIpc) is 2.64. The predicted molar refractivity (Wildman–Crippen MR) is 109 cm³/mol. The van der Waals surface area contributed by atoms with Crippen LogP contribution in [0.3, 0.4) is 0 Å². The second kappa shape index (κ2) is 9.04. The summed E-state index contributed by atoms with van der Waals surface area (Å²) in [5.74, 6) is -0.536. The molecule has 1 atom stereocenters. The topological polar surface area (TPSA) is 56.2 Å². The molecule has 1 aromatic carbocycles. The van der Waals surface area contributed by atoms with Crippen LogP contribution in [0.5, 0.6) is 0 Å². The lowest BCUT2D eigenvalue weighted by molar-refractivity contribution is -0.141. The van der Waals surface area contributed by atoms with Crippen molar-refractivity contribution >= 4 is 46.9 Å². The molecule has 0 N–H and O–H groups in total. The van der Waals surface area contributed by atoms with Gasteiger partial charge < -0.3 is 4.90 Å². The first kappa shape index (κ1) is 20.1. The standard InChI is InChI=1S/C19H24Cl2N4O2/c1-23-18(26)13-22-17(19(23)27)4-2-3-5-24-6-8-25(9-7-24)16-11-14(20)10-15(21)12-16/h10-13,17H,2-9H2,1H3. The third kappa shape index (κ3) is 5.21. The summed E-state index contributed by atoms with van der Waals surface area (Å²) in [5.41, 5.74) is 1.07. The molecule has 0 aliphatic carbocycles. The number of aliphatic imine (C=N–C) groups is 1. The lowest BCUT2D eigenvalue weighted by Gasteiger charge is -2.36. The van der Waals surface area contributed by atoms with E-state index in [9.17, 15) is 9.59 Å². The summed E-state index contributed by atoms with van der Waals surface area (Å²) in [7, 11) is 1.51. The molecule has 3 rings (SSSR count). The number of likely N-dealkylation sites (N-methyl/N-ethyl adjacent to an activating group) is 1. The Morgan fingerprint density at radius 2 is 1.70 bits per heavy atom. The van der Waals surface area contributed by atoms with Crippen LogP contribution in [0.2, 0.25) is 10.0 Å². The molecule has 2 aliphatic heterocycles. The van der Waals surface area contributed by atoms with Gasteiger partial charge in [-0.25, -0.2) is 0 Å². The monoisotopic (exact) mass is 410 g/mol. The Balaban J connectivity index is 1.38. The zero-order valence-corrected chi connectivity index (χ0v) is 16.9. The van der Waals surface area contributed by atoms with Crippen LogP contribution in [0.25, 0.3) is 0 Å². The van der Waals surface area contributed by atoms with Gasteiger partial charge in [-0.3, -0.25) is 24.4 Å². The Kier molecular flexibility index (Phi) is 6.73. The quantitative estimate of drug-likeness (QED) is 0.534. The third-order valence-electron chi connectivity index (χ3n) is 5.10. The number of benzene rings is 1. The molecule has 0 spiro atoms. The molecule has 2 aliphatic rings. The zero-order chi connectivity index (χ0) is 19.4. The van der Waals surface area contributed by atoms with E-state index in [-0.39, 0.29) is 11.8 Å². The molecule has 1 unspecified atom stereocenters. The Morgan fingerprint density at radius 3 is 2.37 bits per heavy atom. The average molecular weight is 411 g/mol. The van der Waals surface area contributed by atoms with Crippen LogP contribution < -0.4 is 4.90 Å². The van der Waals surface area contributed by atoms with Gasteiger partial charge in [0.2, 0.25) is 0 Å². The van der Waals surface area contributed by atoms with Crippen LogP contribution in [0.4, 0.5) is 5.69 Å². The first-order valence-corrected chi connectivity index (χ1v) is 9.98. The number of rotatable bonds is 6. The number of hydrogen-bond acceptors (Lipinski definition) is 5. The molecule has 1 aromatic rings. The van der Waals surface area contributed by atoms with Crippen molar-refractivity contribution in [2.24, 2.45) is 4.99 Å². The third-order valence-corrected chi connectivity index (χ3v) is 5.53. The van der Waals surface area contributed by atoms with Gasteiger partial charge in [-0.2, -0.15) is 0 Å². The highest BCUT2D eigenvalue weighted by Crippen LogP contribution is 2.26. The maximum Gasteiger partial charge on any atom is 0.270 e. The number of carbonyl (C=O) groups excluding carboxylic acids is 2. The van der Waals surface area contributed by atoms with E-state index in [1.54, 1.807) is 6.07 Å². The van der Waals surface area contributed by atoms with E-state index in [1.807, 2.05) is 12.1 Å². The molecule has 0 saturated carbocycles. The number of anilines is 1. The molecule has 1 saturated heterocycles. The largest absolute Gasteiger partial charge is 0.369 e. The number of nitrogens with zero attached hydrogens (tertiary/aromatic N) is 4. The fourth-order valence-corrected chi connectivity index (χ4v) is 3.97. The highest BCUT2D eigenvalue weighted by Gasteiger charge is 2.28. The summed E-state index contributed by atoms with van der Waals surface area (Å²) in [6.07, 6.45) is 3.88. The fraction of sp³-hybridized carbons (Fsp3) is 0.526. The van der Waals surface area contributed by atoms with Gasteiger partial charge in [0.15, 0.2) is 0 Å². The minimum absolute atomic E-state index is 0.198. The molecular weight excluding hydrogens is 387 g/mol. The van der Waals surface area contributed by atoms with Gasteiger partial charge in [0.25, 0.3) is 11.8 Å². The van der Waals surface area contributed by atoms with Gasteiger partial charge >= 0.3 is 0 Å². The minimum Gasteiger partial charge on any atom is -0.369 e. The van der Waals surface area contributed by atoms with Crippen LogP contribution in [-0.2, 0) is 9.59 Å².